The molecule has 140 valence electrons. The van der Waals surface area contributed by atoms with Crippen LogP contribution >= 0.6 is 35.2 Å². The smallest absolute Gasteiger partial charge is 0.416 e. The first-order valence-corrected chi connectivity index (χ1v) is 9.31. The third-order valence-corrected chi connectivity index (χ3v) is 5.59. The molecule has 26 heavy (non-hydrogen) atoms. The molecule has 1 unspecified atom stereocenters. The number of aliphatic imine (C=N–C) groups is 1. The van der Waals surface area contributed by atoms with Gasteiger partial charge in [0.2, 0.25) is 5.88 Å². The van der Waals surface area contributed by atoms with E-state index in [0.29, 0.717) is 22.0 Å². The van der Waals surface area contributed by atoms with E-state index >= 15 is 0 Å². The van der Waals surface area contributed by atoms with Crippen molar-refractivity contribution in [3.8, 4) is 5.88 Å². The largest absolute Gasteiger partial charge is 0.493 e. The summed E-state index contributed by atoms with van der Waals surface area (Å²) in [4.78, 5) is 4.35. The molecule has 10 heteroatoms. The average Bonchev–Trinajstić information content (AvgIpc) is 3.17. The predicted octanol–water partition coefficient (Wildman–Crippen LogP) is 5.59. The second-order valence-electron chi connectivity index (χ2n) is 5.72. The number of hydrogen-bond acceptors (Lipinski definition) is 5. The highest BCUT2D eigenvalue weighted by Gasteiger charge is 2.31. The van der Waals surface area contributed by atoms with Crippen molar-refractivity contribution in [3.05, 3.63) is 37.6 Å². The van der Waals surface area contributed by atoms with E-state index in [9.17, 15) is 18.3 Å². The van der Waals surface area contributed by atoms with E-state index < -0.39 is 11.7 Å². The molecule has 2 aromatic rings. The molecule has 1 aliphatic heterocycles. The van der Waals surface area contributed by atoms with Gasteiger partial charge in [-0.1, -0.05) is 22.9 Å². The van der Waals surface area contributed by atoms with Crippen LogP contribution in [0.4, 0.5) is 18.9 Å². The SMILES string of the molecule is Oc1c(C=Nc2cc(C(F)(F)F)ccc2Cl)sc(=S)n1CC1CCCO1. The Labute approximate surface area is 161 Å². The Balaban J connectivity index is 1.86. The van der Waals surface area contributed by atoms with E-state index in [1.807, 2.05) is 0 Å². The van der Waals surface area contributed by atoms with Crippen LogP contribution in [0.3, 0.4) is 0 Å². The Kier molecular flexibility index (Phi) is 5.71. The monoisotopic (exact) mass is 422 g/mol. The van der Waals surface area contributed by atoms with Gasteiger partial charge in [-0.3, -0.25) is 9.56 Å². The van der Waals surface area contributed by atoms with Gasteiger partial charge in [-0.25, -0.2) is 0 Å². The lowest BCUT2D eigenvalue weighted by Crippen LogP contribution is -2.14. The number of halogens is 4. The van der Waals surface area contributed by atoms with Gasteiger partial charge >= 0.3 is 6.18 Å². The highest BCUT2D eigenvalue weighted by Crippen LogP contribution is 2.35. The Morgan fingerprint density at radius 2 is 2.23 bits per heavy atom. The van der Waals surface area contributed by atoms with Crippen LogP contribution in [-0.4, -0.2) is 28.6 Å². The van der Waals surface area contributed by atoms with Crippen molar-refractivity contribution >= 4 is 47.1 Å². The lowest BCUT2D eigenvalue weighted by Gasteiger charge is -2.10. The number of aromatic nitrogens is 1. The molecule has 1 fully saturated rings. The number of ether oxygens (including phenoxy) is 1. The van der Waals surface area contributed by atoms with E-state index in [4.69, 9.17) is 28.6 Å². The molecule has 0 amide bonds. The number of aromatic hydroxyl groups is 1. The van der Waals surface area contributed by atoms with Crippen molar-refractivity contribution in [3.63, 3.8) is 0 Å². The summed E-state index contributed by atoms with van der Waals surface area (Å²) in [6.07, 6.45) is -1.38. The van der Waals surface area contributed by atoms with Gasteiger partial charge in [-0.2, -0.15) is 13.2 Å². The maximum Gasteiger partial charge on any atom is 0.416 e. The van der Waals surface area contributed by atoms with Crippen LogP contribution in [-0.2, 0) is 17.5 Å². The molecule has 1 N–H and O–H groups in total. The maximum atomic E-state index is 12.8. The molecule has 1 aliphatic rings. The van der Waals surface area contributed by atoms with Crippen LogP contribution in [0.5, 0.6) is 5.88 Å². The van der Waals surface area contributed by atoms with Gasteiger partial charge in [0.25, 0.3) is 0 Å². The summed E-state index contributed by atoms with van der Waals surface area (Å²) in [5.41, 5.74) is -0.882. The first-order valence-electron chi connectivity index (χ1n) is 7.70. The fourth-order valence-electron chi connectivity index (χ4n) is 2.57. The standard InChI is InChI=1S/C16H14ClF3N2O2S2/c17-11-4-3-9(16(18,19)20)6-12(11)21-7-13-14(23)22(15(25)26-13)8-10-2-1-5-24-10/h3-4,6-7,10,23H,1-2,5,8H2. The number of thiazole rings is 1. The minimum atomic E-state index is -4.49. The van der Waals surface area contributed by atoms with E-state index in [0.717, 1.165) is 42.4 Å². The molecule has 1 saturated heterocycles. The fraction of sp³-hybridized carbons (Fsp3) is 0.375. The third kappa shape index (κ3) is 4.28. The van der Waals surface area contributed by atoms with Gasteiger partial charge in [0, 0.05) is 6.61 Å². The molecule has 0 aliphatic carbocycles. The van der Waals surface area contributed by atoms with Gasteiger partial charge in [-0.05, 0) is 43.3 Å². The zero-order valence-electron chi connectivity index (χ0n) is 13.3. The van der Waals surface area contributed by atoms with Crippen LogP contribution in [0.15, 0.2) is 23.2 Å². The molecule has 0 spiro atoms. The van der Waals surface area contributed by atoms with Crippen LogP contribution in [0, 0.1) is 3.95 Å². The van der Waals surface area contributed by atoms with Crippen LogP contribution in [0.2, 0.25) is 5.02 Å². The highest BCUT2D eigenvalue weighted by atomic mass is 35.5. The Morgan fingerprint density at radius 3 is 2.88 bits per heavy atom. The quantitative estimate of drug-likeness (QED) is 0.516. The number of rotatable bonds is 4. The zero-order valence-corrected chi connectivity index (χ0v) is 15.7. The minimum Gasteiger partial charge on any atom is -0.493 e. The molecule has 0 saturated carbocycles. The molecule has 4 nitrogen and oxygen atoms in total. The topological polar surface area (TPSA) is 46.8 Å². The number of hydrogen-bond donors (Lipinski definition) is 1. The number of benzene rings is 1. The van der Waals surface area contributed by atoms with Crippen molar-refractivity contribution in [1.82, 2.24) is 4.57 Å². The maximum absolute atomic E-state index is 12.8. The van der Waals surface area contributed by atoms with Gasteiger partial charge in [-0.15, -0.1) is 0 Å². The summed E-state index contributed by atoms with van der Waals surface area (Å²) >= 11 is 12.3. The molecular formula is C16H14ClF3N2O2S2. The third-order valence-electron chi connectivity index (χ3n) is 3.90. The van der Waals surface area contributed by atoms with Crippen molar-refractivity contribution in [2.24, 2.45) is 4.99 Å². The molecular weight excluding hydrogens is 409 g/mol. The molecule has 1 atom stereocenters. The molecule has 3 rings (SSSR count). The van der Waals surface area contributed by atoms with Gasteiger partial charge in [0.05, 0.1) is 35.1 Å². The molecule has 0 bridgehead atoms. The summed E-state index contributed by atoms with van der Waals surface area (Å²) in [6.45, 7) is 1.12. The van der Waals surface area contributed by atoms with Crippen molar-refractivity contribution in [2.75, 3.05) is 6.61 Å². The van der Waals surface area contributed by atoms with E-state index in [1.165, 1.54) is 6.21 Å². The normalized spacial score (nSPS) is 18.1. The van der Waals surface area contributed by atoms with E-state index in [1.54, 1.807) is 4.57 Å². The van der Waals surface area contributed by atoms with Gasteiger partial charge < -0.3 is 9.84 Å². The predicted molar refractivity (Wildman–Crippen MR) is 97.5 cm³/mol. The highest BCUT2D eigenvalue weighted by molar-refractivity contribution is 7.73. The second-order valence-corrected chi connectivity index (χ2v) is 7.81. The molecule has 2 heterocycles. The summed E-state index contributed by atoms with van der Waals surface area (Å²) in [5, 5.41) is 10.4. The Morgan fingerprint density at radius 1 is 1.46 bits per heavy atom. The van der Waals surface area contributed by atoms with Crippen molar-refractivity contribution < 1.29 is 23.0 Å². The second kappa shape index (κ2) is 7.67. The molecule has 0 radical (unpaired) electrons. The average molecular weight is 423 g/mol. The summed E-state index contributed by atoms with van der Waals surface area (Å²) in [7, 11) is 0. The van der Waals surface area contributed by atoms with Gasteiger partial charge in [0.1, 0.15) is 4.88 Å². The summed E-state index contributed by atoms with van der Waals surface area (Å²) < 4.78 is 46.0. The van der Waals surface area contributed by atoms with Crippen molar-refractivity contribution in [1.29, 1.82) is 0 Å². The first-order chi connectivity index (χ1) is 12.3. The lowest BCUT2D eigenvalue weighted by atomic mass is 10.2. The Hall–Kier alpha value is -1.42. The molecule has 1 aromatic carbocycles. The summed E-state index contributed by atoms with van der Waals surface area (Å²) in [6, 6.07) is 2.89. The fourth-order valence-corrected chi connectivity index (χ4v) is 3.93. The first kappa shape index (κ1) is 19.3. The lowest BCUT2D eigenvalue weighted by molar-refractivity contribution is -0.137. The number of alkyl halides is 3. The zero-order chi connectivity index (χ0) is 18.9. The summed E-state index contributed by atoms with van der Waals surface area (Å²) in [5.74, 6) is -0.0812. The Bertz CT molecular complexity index is 887. The molecule has 1 aromatic heterocycles. The van der Waals surface area contributed by atoms with Crippen LogP contribution in [0.25, 0.3) is 0 Å². The minimum absolute atomic E-state index is 0.00935. The number of nitrogens with zero attached hydrogens (tertiary/aromatic N) is 2. The van der Waals surface area contributed by atoms with E-state index in [-0.39, 0.29) is 22.7 Å². The van der Waals surface area contributed by atoms with E-state index in [2.05, 4.69) is 4.99 Å². The van der Waals surface area contributed by atoms with Gasteiger partial charge in [0.15, 0.2) is 3.95 Å². The van der Waals surface area contributed by atoms with Crippen LogP contribution in [0.1, 0.15) is 23.3 Å². The van der Waals surface area contributed by atoms with Crippen molar-refractivity contribution in [2.45, 2.75) is 31.7 Å². The van der Waals surface area contributed by atoms with Crippen LogP contribution < -0.4 is 0 Å².